The maximum atomic E-state index is 13.6. The molecule has 0 atom stereocenters. The van der Waals surface area contributed by atoms with E-state index in [9.17, 15) is 4.39 Å². The van der Waals surface area contributed by atoms with Gasteiger partial charge in [-0.2, -0.15) is 0 Å². The van der Waals surface area contributed by atoms with Crippen molar-refractivity contribution in [2.24, 2.45) is 0 Å². The van der Waals surface area contributed by atoms with Crippen molar-refractivity contribution in [1.29, 1.82) is 0 Å². The Labute approximate surface area is 114 Å². The number of para-hydroxylation sites is 1. The average Bonchev–Trinajstić information content (AvgIpc) is 2.83. The number of benzene rings is 1. The Balaban J connectivity index is 2.19. The lowest BCUT2D eigenvalue weighted by Gasteiger charge is -2.00. The van der Waals surface area contributed by atoms with E-state index in [0.29, 0.717) is 34.2 Å². The van der Waals surface area contributed by atoms with Crippen LogP contribution in [0.5, 0.6) is 0 Å². The molecule has 0 saturated carbocycles. The molecule has 0 unspecified atom stereocenters. The van der Waals surface area contributed by atoms with Crippen LogP contribution in [0, 0.1) is 5.82 Å². The highest BCUT2D eigenvalue weighted by Gasteiger charge is 2.12. The van der Waals surface area contributed by atoms with Gasteiger partial charge in [0.05, 0.1) is 0 Å². The van der Waals surface area contributed by atoms with Gasteiger partial charge >= 0.3 is 0 Å². The molecule has 19 heavy (non-hydrogen) atoms. The third kappa shape index (κ3) is 2.19. The molecular formula is C14H10ClFN2O. The zero-order chi connectivity index (χ0) is 13.4. The number of hydrogen-bond donors (Lipinski definition) is 0. The quantitative estimate of drug-likeness (QED) is 0.657. The van der Waals surface area contributed by atoms with Crippen LogP contribution >= 0.6 is 11.6 Å². The van der Waals surface area contributed by atoms with E-state index >= 15 is 0 Å². The van der Waals surface area contributed by atoms with Gasteiger partial charge in [0.15, 0.2) is 17.2 Å². The van der Waals surface area contributed by atoms with E-state index in [1.165, 1.54) is 6.07 Å². The molecule has 96 valence electrons. The van der Waals surface area contributed by atoms with E-state index in [0.717, 1.165) is 0 Å². The zero-order valence-corrected chi connectivity index (χ0v) is 10.9. The van der Waals surface area contributed by atoms with Gasteiger partial charge in [0.2, 0.25) is 0 Å². The summed E-state index contributed by atoms with van der Waals surface area (Å²) < 4.78 is 19.1. The van der Waals surface area contributed by atoms with Gasteiger partial charge in [-0.25, -0.2) is 14.4 Å². The molecule has 0 saturated heterocycles. The van der Waals surface area contributed by atoms with Crippen molar-refractivity contribution in [2.75, 3.05) is 0 Å². The largest absolute Gasteiger partial charge is 0.451 e. The minimum absolute atomic E-state index is 0.227. The Bertz CT molecular complexity index is 754. The van der Waals surface area contributed by atoms with E-state index in [1.807, 2.05) is 6.92 Å². The number of hydrogen-bond acceptors (Lipinski definition) is 3. The van der Waals surface area contributed by atoms with E-state index in [4.69, 9.17) is 16.0 Å². The molecular weight excluding hydrogens is 267 g/mol. The maximum absolute atomic E-state index is 13.6. The summed E-state index contributed by atoms with van der Waals surface area (Å²) in [4.78, 5) is 8.42. The molecule has 0 fully saturated rings. The second kappa shape index (κ2) is 4.63. The lowest BCUT2D eigenvalue weighted by atomic mass is 10.2. The van der Waals surface area contributed by atoms with Crippen LogP contribution in [0.3, 0.4) is 0 Å². The molecule has 0 N–H and O–H groups in total. The number of nitrogens with zero attached hydrogens (tertiary/aromatic N) is 2. The van der Waals surface area contributed by atoms with Gasteiger partial charge in [-0.3, -0.25) is 0 Å². The second-order valence-corrected chi connectivity index (χ2v) is 4.50. The van der Waals surface area contributed by atoms with Crippen LogP contribution in [0.1, 0.15) is 12.7 Å². The molecule has 1 aromatic carbocycles. The van der Waals surface area contributed by atoms with Crippen molar-refractivity contribution in [3.63, 3.8) is 0 Å². The summed E-state index contributed by atoms with van der Waals surface area (Å²) in [6.45, 7) is 1.94. The monoisotopic (exact) mass is 276 g/mol. The smallest absolute Gasteiger partial charge is 0.170 e. The van der Waals surface area contributed by atoms with E-state index in [2.05, 4.69) is 9.97 Å². The normalized spacial score (nSPS) is 11.1. The number of furan rings is 1. The molecule has 3 rings (SSSR count). The predicted octanol–water partition coefficient (Wildman–Crippen LogP) is 4.24. The zero-order valence-electron chi connectivity index (χ0n) is 10.2. The Kier molecular flexibility index (Phi) is 2.95. The lowest BCUT2D eigenvalue weighted by Crippen LogP contribution is -1.94. The van der Waals surface area contributed by atoms with Gasteiger partial charge in [0.25, 0.3) is 0 Å². The third-order valence-electron chi connectivity index (χ3n) is 2.81. The Morgan fingerprint density at radius 2 is 2.11 bits per heavy atom. The first kappa shape index (κ1) is 12.1. The number of rotatable bonds is 2. The standard InChI is InChI=1S/C14H10ClFN2O/c1-2-13-17-10(7-12(15)18-13)11-6-8-4-3-5-9(16)14(8)19-11/h3-7H,2H2,1H3. The first-order valence-electron chi connectivity index (χ1n) is 5.89. The number of halogens is 2. The summed E-state index contributed by atoms with van der Waals surface area (Å²) >= 11 is 5.94. The summed E-state index contributed by atoms with van der Waals surface area (Å²) in [7, 11) is 0. The van der Waals surface area contributed by atoms with Crippen molar-refractivity contribution in [1.82, 2.24) is 9.97 Å². The molecule has 3 nitrogen and oxygen atoms in total. The Morgan fingerprint density at radius 3 is 2.84 bits per heavy atom. The second-order valence-electron chi connectivity index (χ2n) is 4.11. The first-order valence-corrected chi connectivity index (χ1v) is 6.27. The summed E-state index contributed by atoms with van der Waals surface area (Å²) in [5.41, 5.74) is 0.790. The van der Waals surface area contributed by atoms with Crippen molar-refractivity contribution in [3.05, 3.63) is 47.1 Å². The van der Waals surface area contributed by atoms with Gasteiger partial charge in [0.1, 0.15) is 16.7 Å². The van der Waals surface area contributed by atoms with E-state index in [-0.39, 0.29) is 11.4 Å². The lowest BCUT2D eigenvalue weighted by molar-refractivity contribution is 0.567. The predicted molar refractivity (Wildman–Crippen MR) is 71.6 cm³/mol. The Hall–Kier alpha value is -1.94. The molecule has 2 aromatic heterocycles. The third-order valence-corrected chi connectivity index (χ3v) is 3.00. The molecule has 0 spiro atoms. The fraction of sp³-hybridized carbons (Fsp3) is 0.143. The minimum atomic E-state index is -0.389. The van der Waals surface area contributed by atoms with E-state index in [1.54, 1.807) is 24.3 Å². The fourth-order valence-electron chi connectivity index (χ4n) is 1.90. The van der Waals surface area contributed by atoms with Crippen LogP contribution in [0.15, 0.2) is 34.7 Å². The SMILES string of the molecule is CCc1nc(Cl)cc(-c2cc3cccc(F)c3o2)n1. The average molecular weight is 277 g/mol. The summed E-state index contributed by atoms with van der Waals surface area (Å²) in [5.74, 6) is 0.724. The molecule has 0 radical (unpaired) electrons. The highest BCUT2D eigenvalue weighted by Crippen LogP contribution is 2.29. The summed E-state index contributed by atoms with van der Waals surface area (Å²) in [6, 6.07) is 8.14. The number of fused-ring (bicyclic) bond motifs is 1. The molecule has 0 aliphatic heterocycles. The van der Waals surface area contributed by atoms with Crippen molar-refractivity contribution >= 4 is 22.6 Å². The molecule has 5 heteroatoms. The van der Waals surface area contributed by atoms with Gasteiger partial charge in [-0.15, -0.1) is 0 Å². The molecule has 0 aliphatic rings. The van der Waals surface area contributed by atoms with Crippen molar-refractivity contribution < 1.29 is 8.81 Å². The van der Waals surface area contributed by atoms with Crippen LogP contribution in [0.4, 0.5) is 4.39 Å². The number of aromatic nitrogens is 2. The molecule has 0 bridgehead atoms. The van der Waals surface area contributed by atoms with Gasteiger partial charge in [0, 0.05) is 17.9 Å². The molecule has 2 heterocycles. The first-order chi connectivity index (χ1) is 9.17. The van der Waals surface area contributed by atoms with Gasteiger partial charge in [-0.1, -0.05) is 30.7 Å². The summed E-state index contributed by atoms with van der Waals surface area (Å²) in [5, 5.41) is 1.05. The maximum Gasteiger partial charge on any atom is 0.170 e. The highest BCUT2D eigenvalue weighted by molar-refractivity contribution is 6.29. The fourth-order valence-corrected chi connectivity index (χ4v) is 2.10. The minimum Gasteiger partial charge on any atom is -0.451 e. The van der Waals surface area contributed by atoms with Crippen LogP contribution in [-0.2, 0) is 6.42 Å². The molecule has 0 amide bonds. The van der Waals surface area contributed by atoms with Gasteiger partial charge in [-0.05, 0) is 12.1 Å². The molecule has 3 aromatic rings. The van der Waals surface area contributed by atoms with Crippen molar-refractivity contribution in [3.8, 4) is 11.5 Å². The van der Waals surface area contributed by atoms with Crippen LogP contribution < -0.4 is 0 Å². The van der Waals surface area contributed by atoms with Crippen molar-refractivity contribution in [2.45, 2.75) is 13.3 Å². The van der Waals surface area contributed by atoms with Gasteiger partial charge < -0.3 is 4.42 Å². The van der Waals surface area contributed by atoms with Crippen LogP contribution in [0.25, 0.3) is 22.4 Å². The number of aryl methyl sites for hydroxylation is 1. The topological polar surface area (TPSA) is 38.9 Å². The Morgan fingerprint density at radius 1 is 1.26 bits per heavy atom. The highest BCUT2D eigenvalue weighted by atomic mass is 35.5. The van der Waals surface area contributed by atoms with Crippen LogP contribution in [-0.4, -0.2) is 9.97 Å². The van der Waals surface area contributed by atoms with E-state index < -0.39 is 0 Å². The van der Waals surface area contributed by atoms with Crippen LogP contribution in [0.2, 0.25) is 5.15 Å². The summed E-state index contributed by atoms with van der Waals surface area (Å²) in [6.07, 6.45) is 0.669. The molecule has 0 aliphatic carbocycles.